The average molecular weight is 286 g/mol. The van der Waals surface area contributed by atoms with Gasteiger partial charge in [0, 0.05) is 5.54 Å². The van der Waals surface area contributed by atoms with Crippen molar-refractivity contribution in [3.8, 4) is 5.75 Å². The predicted octanol–water partition coefficient (Wildman–Crippen LogP) is 2.69. The molecule has 0 aliphatic heterocycles. The van der Waals surface area contributed by atoms with Gasteiger partial charge in [0.05, 0.1) is 11.1 Å². The van der Waals surface area contributed by atoms with E-state index in [-0.39, 0.29) is 18.1 Å². The number of benzene rings is 1. The van der Waals surface area contributed by atoms with Gasteiger partial charge in [-0.05, 0) is 45.4 Å². The van der Waals surface area contributed by atoms with E-state index < -0.39 is 6.10 Å². The van der Waals surface area contributed by atoms with E-state index >= 15 is 0 Å². The third-order valence-electron chi connectivity index (χ3n) is 2.31. The van der Waals surface area contributed by atoms with E-state index in [2.05, 4.69) is 5.32 Å². The van der Waals surface area contributed by atoms with Crippen LogP contribution in [0.4, 0.5) is 0 Å². The third-order valence-corrected chi connectivity index (χ3v) is 2.61. The molecule has 0 aliphatic rings. The lowest BCUT2D eigenvalue weighted by molar-refractivity contribution is -0.124. The zero-order valence-electron chi connectivity index (χ0n) is 11.7. The Kier molecular flexibility index (Phi) is 5.20. The summed E-state index contributed by atoms with van der Waals surface area (Å²) in [5.74, 6) is 0.221. The van der Waals surface area contributed by atoms with Crippen molar-refractivity contribution in [1.29, 1.82) is 0 Å². The standard InChI is InChI=1S/C14H20ClNO3/c1-9(17)10-5-6-12(11(15)7-10)19-8-13(18)16-14(2,3)4/h5-7,9,17H,8H2,1-4H3,(H,16,18)/t9-/m1/s1. The normalized spacial score (nSPS) is 12.9. The molecule has 0 spiro atoms. The Labute approximate surface area is 118 Å². The summed E-state index contributed by atoms with van der Waals surface area (Å²) in [6, 6.07) is 4.99. The highest BCUT2D eigenvalue weighted by Gasteiger charge is 2.14. The molecule has 0 aliphatic carbocycles. The summed E-state index contributed by atoms with van der Waals surface area (Å²) in [4.78, 5) is 11.6. The zero-order chi connectivity index (χ0) is 14.6. The first-order valence-corrected chi connectivity index (χ1v) is 6.48. The van der Waals surface area contributed by atoms with Crippen LogP contribution in [0.25, 0.3) is 0 Å². The molecule has 106 valence electrons. The number of amides is 1. The van der Waals surface area contributed by atoms with Crippen LogP contribution < -0.4 is 10.1 Å². The molecule has 1 aromatic rings. The molecule has 0 saturated heterocycles. The first-order valence-electron chi connectivity index (χ1n) is 6.10. The molecule has 0 fully saturated rings. The van der Waals surface area contributed by atoms with Gasteiger partial charge < -0.3 is 15.2 Å². The van der Waals surface area contributed by atoms with Gasteiger partial charge in [-0.1, -0.05) is 17.7 Å². The van der Waals surface area contributed by atoms with E-state index in [1.54, 1.807) is 25.1 Å². The summed E-state index contributed by atoms with van der Waals surface area (Å²) < 4.78 is 5.35. The van der Waals surface area contributed by atoms with Gasteiger partial charge in [0.15, 0.2) is 6.61 Å². The van der Waals surface area contributed by atoms with Crippen molar-refractivity contribution in [3.05, 3.63) is 28.8 Å². The van der Waals surface area contributed by atoms with Gasteiger partial charge in [-0.2, -0.15) is 0 Å². The van der Waals surface area contributed by atoms with Crippen molar-refractivity contribution in [1.82, 2.24) is 5.32 Å². The molecule has 0 radical (unpaired) electrons. The molecule has 4 nitrogen and oxygen atoms in total. The van der Waals surface area contributed by atoms with Crippen LogP contribution in [0, 0.1) is 0 Å². The van der Waals surface area contributed by atoms with Gasteiger partial charge in [0.1, 0.15) is 5.75 Å². The lowest BCUT2D eigenvalue weighted by atomic mass is 10.1. The van der Waals surface area contributed by atoms with Gasteiger partial charge in [-0.15, -0.1) is 0 Å². The highest BCUT2D eigenvalue weighted by Crippen LogP contribution is 2.27. The fraction of sp³-hybridized carbons (Fsp3) is 0.500. The number of rotatable bonds is 4. The SMILES string of the molecule is C[C@@H](O)c1ccc(OCC(=O)NC(C)(C)C)c(Cl)c1. The Balaban J connectivity index is 2.61. The Morgan fingerprint density at radius 3 is 2.58 bits per heavy atom. The largest absolute Gasteiger partial charge is 0.482 e. The molecule has 0 aromatic heterocycles. The third kappa shape index (κ3) is 5.49. The maximum atomic E-state index is 11.6. The summed E-state index contributed by atoms with van der Waals surface area (Å²) in [6.45, 7) is 7.26. The molecule has 1 rings (SSSR count). The van der Waals surface area contributed by atoms with Crippen LogP contribution in [0.5, 0.6) is 5.75 Å². The zero-order valence-corrected chi connectivity index (χ0v) is 12.4. The number of carbonyl (C=O) groups is 1. The molecule has 0 heterocycles. The second-order valence-corrected chi connectivity index (χ2v) is 5.86. The maximum absolute atomic E-state index is 11.6. The summed E-state index contributed by atoms with van der Waals surface area (Å²) in [7, 11) is 0. The van der Waals surface area contributed by atoms with Crippen molar-refractivity contribution in [3.63, 3.8) is 0 Å². The fourth-order valence-corrected chi connectivity index (χ4v) is 1.74. The van der Waals surface area contributed by atoms with Crippen LogP contribution in [-0.2, 0) is 4.79 Å². The van der Waals surface area contributed by atoms with E-state index in [4.69, 9.17) is 16.3 Å². The molecule has 5 heteroatoms. The Bertz CT molecular complexity index is 452. The molecule has 0 bridgehead atoms. The Morgan fingerprint density at radius 2 is 2.11 bits per heavy atom. The lowest BCUT2D eigenvalue weighted by Gasteiger charge is -2.20. The number of aliphatic hydroxyl groups excluding tert-OH is 1. The minimum absolute atomic E-state index is 0.0922. The molecule has 1 amide bonds. The lowest BCUT2D eigenvalue weighted by Crippen LogP contribution is -2.43. The molecule has 0 unspecified atom stereocenters. The van der Waals surface area contributed by atoms with Crippen LogP contribution in [0.1, 0.15) is 39.4 Å². The molecule has 19 heavy (non-hydrogen) atoms. The van der Waals surface area contributed by atoms with Crippen LogP contribution >= 0.6 is 11.6 Å². The number of halogens is 1. The predicted molar refractivity (Wildman–Crippen MR) is 75.5 cm³/mol. The molecule has 1 atom stereocenters. The van der Waals surface area contributed by atoms with E-state index in [1.807, 2.05) is 20.8 Å². The second kappa shape index (κ2) is 6.26. The maximum Gasteiger partial charge on any atom is 0.258 e. The summed E-state index contributed by atoms with van der Waals surface area (Å²) in [5.41, 5.74) is 0.414. The van der Waals surface area contributed by atoms with Crippen molar-refractivity contribution < 1.29 is 14.6 Å². The van der Waals surface area contributed by atoms with Gasteiger partial charge >= 0.3 is 0 Å². The highest BCUT2D eigenvalue weighted by molar-refractivity contribution is 6.32. The molecule has 0 saturated carbocycles. The minimum atomic E-state index is -0.587. The molecular formula is C14H20ClNO3. The van der Waals surface area contributed by atoms with E-state index in [1.165, 1.54) is 0 Å². The fourth-order valence-electron chi connectivity index (χ4n) is 1.49. The van der Waals surface area contributed by atoms with Crippen LogP contribution in [0.15, 0.2) is 18.2 Å². The molecule has 1 aromatic carbocycles. The van der Waals surface area contributed by atoms with Crippen LogP contribution in [0.2, 0.25) is 5.02 Å². The van der Waals surface area contributed by atoms with Gasteiger partial charge in [0.2, 0.25) is 0 Å². The Morgan fingerprint density at radius 1 is 1.47 bits per heavy atom. The van der Waals surface area contributed by atoms with Crippen molar-refractivity contribution in [2.24, 2.45) is 0 Å². The minimum Gasteiger partial charge on any atom is -0.482 e. The number of aliphatic hydroxyl groups is 1. The number of carbonyl (C=O) groups excluding carboxylic acids is 1. The summed E-state index contributed by atoms with van der Waals surface area (Å²) >= 11 is 6.02. The quantitative estimate of drug-likeness (QED) is 0.894. The number of hydrogen-bond acceptors (Lipinski definition) is 3. The van der Waals surface area contributed by atoms with Gasteiger partial charge in [-0.25, -0.2) is 0 Å². The van der Waals surface area contributed by atoms with Crippen LogP contribution in [0.3, 0.4) is 0 Å². The van der Waals surface area contributed by atoms with Crippen molar-refractivity contribution >= 4 is 17.5 Å². The average Bonchev–Trinajstić information content (AvgIpc) is 2.24. The van der Waals surface area contributed by atoms with E-state index in [0.29, 0.717) is 16.3 Å². The van der Waals surface area contributed by atoms with E-state index in [0.717, 1.165) is 0 Å². The monoisotopic (exact) mass is 285 g/mol. The van der Waals surface area contributed by atoms with Gasteiger partial charge in [0.25, 0.3) is 5.91 Å². The Hall–Kier alpha value is -1.26. The topological polar surface area (TPSA) is 58.6 Å². The first kappa shape index (κ1) is 15.8. The first-order chi connectivity index (χ1) is 8.69. The number of ether oxygens (including phenoxy) is 1. The number of nitrogens with one attached hydrogen (secondary N) is 1. The molecular weight excluding hydrogens is 266 g/mol. The molecule has 2 N–H and O–H groups in total. The van der Waals surface area contributed by atoms with E-state index in [9.17, 15) is 9.90 Å². The highest BCUT2D eigenvalue weighted by atomic mass is 35.5. The van der Waals surface area contributed by atoms with Crippen molar-refractivity contribution in [2.75, 3.05) is 6.61 Å². The summed E-state index contributed by atoms with van der Waals surface area (Å²) in [5, 5.41) is 12.6. The summed E-state index contributed by atoms with van der Waals surface area (Å²) in [6.07, 6.45) is -0.587. The van der Waals surface area contributed by atoms with Crippen LogP contribution in [-0.4, -0.2) is 23.2 Å². The number of hydrogen-bond donors (Lipinski definition) is 2. The smallest absolute Gasteiger partial charge is 0.258 e. The van der Waals surface area contributed by atoms with Crippen molar-refractivity contribution in [2.45, 2.75) is 39.3 Å². The van der Waals surface area contributed by atoms with Gasteiger partial charge in [-0.3, -0.25) is 4.79 Å². The second-order valence-electron chi connectivity index (χ2n) is 5.45.